The van der Waals surface area contributed by atoms with Gasteiger partial charge in [0.15, 0.2) is 0 Å². The first kappa shape index (κ1) is 16.4. The summed E-state index contributed by atoms with van der Waals surface area (Å²) in [5.41, 5.74) is 3.15. The Kier molecular flexibility index (Phi) is 6.39. The van der Waals surface area contributed by atoms with Crippen LogP contribution in [0.1, 0.15) is 51.2 Å². The quantitative estimate of drug-likeness (QED) is 0.602. The lowest BCUT2D eigenvalue weighted by Crippen LogP contribution is -2.15. The molecule has 4 nitrogen and oxygen atoms in total. The number of benzene rings is 1. The second-order valence-electron chi connectivity index (χ2n) is 5.17. The number of nitro groups is 1. The van der Waals surface area contributed by atoms with Crippen molar-refractivity contribution in [2.75, 3.05) is 13.1 Å². The molecule has 4 heteroatoms. The standard InChI is InChI=1S/C16H24N2O2/c1-5-13(11-17-6-2)9-14-7-8-15(12(3)4)16(10-14)18(19)20/h7-10,12,17H,5-6,11H2,1-4H3. The summed E-state index contributed by atoms with van der Waals surface area (Å²) in [7, 11) is 0. The van der Waals surface area contributed by atoms with Crippen LogP contribution in [0.25, 0.3) is 6.08 Å². The molecule has 0 aliphatic rings. The van der Waals surface area contributed by atoms with Gasteiger partial charge in [-0.1, -0.05) is 51.5 Å². The Balaban J connectivity index is 3.10. The highest BCUT2D eigenvalue weighted by Gasteiger charge is 2.16. The van der Waals surface area contributed by atoms with Gasteiger partial charge >= 0.3 is 0 Å². The highest BCUT2D eigenvalue weighted by molar-refractivity contribution is 5.59. The van der Waals surface area contributed by atoms with E-state index in [0.29, 0.717) is 0 Å². The van der Waals surface area contributed by atoms with Crippen molar-refractivity contribution in [1.82, 2.24) is 5.32 Å². The van der Waals surface area contributed by atoms with Crippen LogP contribution in [0.2, 0.25) is 0 Å². The van der Waals surface area contributed by atoms with Gasteiger partial charge in [0, 0.05) is 18.2 Å². The molecule has 0 unspecified atom stereocenters. The molecular weight excluding hydrogens is 252 g/mol. The number of hydrogen-bond acceptors (Lipinski definition) is 3. The van der Waals surface area contributed by atoms with E-state index in [1.807, 2.05) is 32.1 Å². The molecule has 0 fully saturated rings. The molecule has 0 aromatic heterocycles. The lowest BCUT2D eigenvalue weighted by atomic mass is 9.98. The zero-order chi connectivity index (χ0) is 15.1. The fraction of sp³-hybridized carbons (Fsp3) is 0.500. The Labute approximate surface area is 121 Å². The van der Waals surface area contributed by atoms with Crippen LogP contribution in [-0.2, 0) is 0 Å². The van der Waals surface area contributed by atoms with Crippen LogP contribution in [0.15, 0.2) is 23.8 Å². The summed E-state index contributed by atoms with van der Waals surface area (Å²) in [6.07, 6.45) is 2.98. The van der Waals surface area contributed by atoms with Crippen molar-refractivity contribution in [2.45, 2.75) is 40.0 Å². The molecule has 0 atom stereocenters. The Morgan fingerprint density at radius 2 is 2.10 bits per heavy atom. The van der Waals surface area contributed by atoms with Crippen LogP contribution in [-0.4, -0.2) is 18.0 Å². The van der Waals surface area contributed by atoms with Gasteiger partial charge in [-0.05, 0) is 24.4 Å². The topological polar surface area (TPSA) is 55.2 Å². The van der Waals surface area contributed by atoms with Gasteiger partial charge < -0.3 is 5.32 Å². The van der Waals surface area contributed by atoms with Crippen molar-refractivity contribution < 1.29 is 4.92 Å². The van der Waals surface area contributed by atoms with Crippen LogP contribution in [0.3, 0.4) is 0 Å². The fourth-order valence-electron chi connectivity index (χ4n) is 2.10. The van der Waals surface area contributed by atoms with Crippen molar-refractivity contribution >= 4 is 11.8 Å². The Morgan fingerprint density at radius 1 is 1.40 bits per heavy atom. The van der Waals surface area contributed by atoms with Crippen molar-refractivity contribution in [3.05, 3.63) is 45.0 Å². The average Bonchev–Trinajstić information content (AvgIpc) is 2.42. The third-order valence-electron chi connectivity index (χ3n) is 3.30. The molecule has 0 radical (unpaired) electrons. The van der Waals surface area contributed by atoms with Gasteiger partial charge in [0.2, 0.25) is 0 Å². The van der Waals surface area contributed by atoms with Gasteiger partial charge in [0.25, 0.3) is 5.69 Å². The first-order chi connectivity index (χ1) is 9.49. The van der Waals surface area contributed by atoms with Crippen LogP contribution in [0.5, 0.6) is 0 Å². The minimum Gasteiger partial charge on any atom is -0.313 e. The van der Waals surface area contributed by atoms with Crippen molar-refractivity contribution in [3.63, 3.8) is 0 Å². The first-order valence-corrected chi connectivity index (χ1v) is 7.18. The SMILES string of the molecule is CCNCC(=Cc1ccc(C(C)C)c([N+](=O)[O-])c1)CC. The Morgan fingerprint density at radius 3 is 2.60 bits per heavy atom. The lowest BCUT2D eigenvalue weighted by Gasteiger charge is -2.09. The van der Waals surface area contributed by atoms with E-state index in [2.05, 4.69) is 19.2 Å². The number of hydrogen-bond donors (Lipinski definition) is 1. The van der Waals surface area contributed by atoms with E-state index in [9.17, 15) is 10.1 Å². The maximum absolute atomic E-state index is 11.2. The molecule has 0 heterocycles. The zero-order valence-corrected chi connectivity index (χ0v) is 12.8. The molecule has 1 N–H and O–H groups in total. The summed E-state index contributed by atoms with van der Waals surface area (Å²) >= 11 is 0. The third-order valence-corrected chi connectivity index (χ3v) is 3.30. The molecule has 110 valence electrons. The molecule has 0 bridgehead atoms. The van der Waals surface area contributed by atoms with Gasteiger partial charge in [-0.25, -0.2) is 0 Å². The number of rotatable bonds is 7. The predicted octanol–water partition coefficient (Wildman–Crippen LogP) is 4.12. The highest BCUT2D eigenvalue weighted by atomic mass is 16.6. The Bertz CT molecular complexity index is 493. The summed E-state index contributed by atoms with van der Waals surface area (Å²) in [5.74, 6) is 0.154. The minimum atomic E-state index is -0.289. The van der Waals surface area contributed by atoms with Crippen LogP contribution in [0.4, 0.5) is 5.69 Å². The van der Waals surface area contributed by atoms with E-state index in [-0.39, 0.29) is 16.5 Å². The van der Waals surface area contributed by atoms with Crippen molar-refractivity contribution in [2.24, 2.45) is 0 Å². The molecular formula is C16H24N2O2. The molecule has 0 spiro atoms. The summed E-state index contributed by atoms with van der Waals surface area (Å²) in [4.78, 5) is 10.9. The molecule has 1 aromatic carbocycles. The van der Waals surface area contributed by atoms with E-state index in [0.717, 1.165) is 30.6 Å². The van der Waals surface area contributed by atoms with Crippen LogP contribution < -0.4 is 5.32 Å². The molecule has 1 aromatic rings. The number of nitrogens with one attached hydrogen (secondary N) is 1. The Hall–Kier alpha value is -1.68. The first-order valence-electron chi connectivity index (χ1n) is 7.18. The molecule has 20 heavy (non-hydrogen) atoms. The highest BCUT2D eigenvalue weighted by Crippen LogP contribution is 2.28. The van der Waals surface area contributed by atoms with Crippen molar-refractivity contribution in [1.29, 1.82) is 0 Å². The van der Waals surface area contributed by atoms with E-state index in [1.165, 1.54) is 5.57 Å². The second kappa shape index (κ2) is 7.80. The molecule has 1 rings (SSSR count). The maximum atomic E-state index is 11.2. The fourth-order valence-corrected chi connectivity index (χ4v) is 2.10. The second-order valence-corrected chi connectivity index (χ2v) is 5.17. The van der Waals surface area contributed by atoms with E-state index < -0.39 is 0 Å². The summed E-state index contributed by atoms with van der Waals surface area (Å²) in [6, 6.07) is 5.51. The van der Waals surface area contributed by atoms with Gasteiger partial charge in [-0.15, -0.1) is 0 Å². The maximum Gasteiger partial charge on any atom is 0.273 e. The summed E-state index contributed by atoms with van der Waals surface area (Å²) in [5, 5.41) is 14.5. The van der Waals surface area contributed by atoms with E-state index >= 15 is 0 Å². The lowest BCUT2D eigenvalue weighted by molar-refractivity contribution is -0.385. The number of likely N-dealkylation sites (N-methyl/N-ethyl adjacent to an activating group) is 1. The van der Waals surface area contributed by atoms with Crippen LogP contribution in [0, 0.1) is 10.1 Å². The van der Waals surface area contributed by atoms with Gasteiger partial charge in [-0.3, -0.25) is 10.1 Å². The summed E-state index contributed by atoms with van der Waals surface area (Å²) in [6.45, 7) is 9.85. The van der Waals surface area contributed by atoms with Gasteiger partial charge in [0.05, 0.1) is 4.92 Å². The smallest absolute Gasteiger partial charge is 0.273 e. The number of nitro benzene ring substituents is 1. The normalized spacial score (nSPS) is 11.9. The molecule has 0 saturated heterocycles. The summed E-state index contributed by atoms with van der Waals surface area (Å²) < 4.78 is 0. The minimum absolute atomic E-state index is 0.154. The largest absolute Gasteiger partial charge is 0.313 e. The van der Waals surface area contributed by atoms with Gasteiger partial charge in [0.1, 0.15) is 0 Å². The van der Waals surface area contributed by atoms with Crippen molar-refractivity contribution in [3.8, 4) is 0 Å². The van der Waals surface area contributed by atoms with E-state index in [1.54, 1.807) is 6.07 Å². The van der Waals surface area contributed by atoms with Crippen LogP contribution >= 0.6 is 0 Å². The third kappa shape index (κ3) is 4.46. The average molecular weight is 276 g/mol. The number of nitrogens with zero attached hydrogens (tertiary/aromatic N) is 1. The monoisotopic (exact) mass is 276 g/mol. The van der Waals surface area contributed by atoms with Gasteiger partial charge in [-0.2, -0.15) is 0 Å². The zero-order valence-electron chi connectivity index (χ0n) is 12.8. The molecule has 0 aliphatic heterocycles. The molecule has 0 amide bonds. The molecule has 0 aliphatic carbocycles. The van der Waals surface area contributed by atoms with E-state index in [4.69, 9.17) is 0 Å². The predicted molar refractivity (Wildman–Crippen MR) is 84.0 cm³/mol. The molecule has 0 saturated carbocycles.